The van der Waals surface area contributed by atoms with Gasteiger partial charge in [0, 0.05) is 11.8 Å². The third kappa shape index (κ3) is 1.82. The van der Waals surface area contributed by atoms with E-state index < -0.39 is 5.97 Å². The van der Waals surface area contributed by atoms with Gasteiger partial charge in [0.15, 0.2) is 0 Å². The Bertz CT molecular complexity index is 301. The van der Waals surface area contributed by atoms with Crippen molar-refractivity contribution in [1.29, 1.82) is 0 Å². The molecule has 0 aliphatic heterocycles. The van der Waals surface area contributed by atoms with E-state index in [-0.39, 0.29) is 15.7 Å². The first-order valence-electron chi connectivity index (χ1n) is 2.63. The summed E-state index contributed by atoms with van der Waals surface area (Å²) in [7, 11) is 0. The third-order valence-electron chi connectivity index (χ3n) is 1.03. The molecule has 1 heterocycles. The summed E-state index contributed by atoms with van der Waals surface area (Å²) >= 11 is 10.9. The van der Waals surface area contributed by atoms with Gasteiger partial charge in [-0.1, -0.05) is 23.2 Å². The Hall–Kier alpha value is -0.800. The maximum Gasteiger partial charge on any atom is 0.147 e. The van der Waals surface area contributed by atoms with E-state index in [1.165, 1.54) is 6.07 Å². The van der Waals surface area contributed by atoms with Crippen LogP contribution in [-0.2, 0) is 0 Å². The van der Waals surface area contributed by atoms with Crippen LogP contribution in [0.4, 0.5) is 0 Å². The van der Waals surface area contributed by atoms with Gasteiger partial charge in [-0.3, -0.25) is 0 Å². The predicted molar refractivity (Wildman–Crippen MR) is 38.6 cm³/mol. The predicted octanol–water partition coefficient (Wildman–Crippen LogP) is 0.752. The minimum atomic E-state index is -1.32. The maximum absolute atomic E-state index is 10.2. The van der Waals surface area contributed by atoms with Crippen LogP contribution in [0, 0.1) is 0 Å². The largest absolute Gasteiger partial charge is 0.545 e. The molecule has 0 N–H and O–H groups in total. The van der Waals surface area contributed by atoms with Crippen molar-refractivity contribution in [3.8, 4) is 0 Å². The number of carboxylic acid groups (broad SMARTS) is 1. The highest BCUT2D eigenvalue weighted by atomic mass is 35.5. The number of carboxylic acids is 1. The summed E-state index contributed by atoms with van der Waals surface area (Å²) in [5.41, 5.74) is -0.0839. The van der Waals surface area contributed by atoms with Crippen LogP contribution in [0.3, 0.4) is 0 Å². The van der Waals surface area contributed by atoms with E-state index in [9.17, 15) is 9.90 Å². The molecule has 0 saturated heterocycles. The van der Waals surface area contributed by atoms with Crippen LogP contribution >= 0.6 is 23.2 Å². The second-order valence-electron chi connectivity index (χ2n) is 1.78. The van der Waals surface area contributed by atoms with Gasteiger partial charge in [-0.2, -0.15) is 0 Å². The van der Waals surface area contributed by atoms with Gasteiger partial charge >= 0.3 is 0 Å². The first-order chi connectivity index (χ1) is 5.11. The number of rotatable bonds is 1. The molecule has 58 valence electrons. The number of nitrogens with zero attached hydrogens (tertiary/aromatic N) is 1. The van der Waals surface area contributed by atoms with Crippen LogP contribution in [0.15, 0.2) is 12.3 Å². The van der Waals surface area contributed by atoms with Crippen LogP contribution in [0.1, 0.15) is 10.4 Å². The van der Waals surface area contributed by atoms with E-state index in [0.717, 1.165) is 6.20 Å². The molecule has 0 aliphatic carbocycles. The van der Waals surface area contributed by atoms with Crippen LogP contribution < -0.4 is 5.11 Å². The van der Waals surface area contributed by atoms with Gasteiger partial charge < -0.3 is 9.90 Å². The molecule has 0 aliphatic rings. The summed E-state index contributed by atoms with van der Waals surface area (Å²) < 4.78 is 0. The van der Waals surface area contributed by atoms with Crippen molar-refractivity contribution in [1.82, 2.24) is 4.98 Å². The molecule has 0 saturated carbocycles. The highest BCUT2D eigenvalue weighted by Gasteiger charge is 2.00. The Morgan fingerprint density at radius 1 is 1.55 bits per heavy atom. The fourth-order valence-corrected chi connectivity index (χ4v) is 0.803. The number of hydrogen-bond donors (Lipinski definition) is 0. The number of carbonyl (C=O) groups excluding carboxylic acids is 1. The maximum atomic E-state index is 10.2. The number of pyridine rings is 1. The van der Waals surface area contributed by atoms with Gasteiger partial charge in [0.1, 0.15) is 5.15 Å². The van der Waals surface area contributed by atoms with Crippen LogP contribution in [0.2, 0.25) is 10.2 Å². The summed E-state index contributed by atoms with van der Waals surface area (Å²) in [5.74, 6) is -1.32. The number of halogens is 2. The first kappa shape index (κ1) is 8.30. The zero-order chi connectivity index (χ0) is 8.43. The molecule has 0 unspecified atom stereocenters. The lowest BCUT2D eigenvalue weighted by molar-refractivity contribution is -0.255. The standard InChI is InChI=1S/C6H3Cl2NO2/c7-4-1-3(6(10)11)2-9-5(4)8/h1-2H,(H,10,11)/p-1. The quantitative estimate of drug-likeness (QED) is 0.615. The molecule has 1 aromatic heterocycles. The molecule has 0 aromatic carbocycles. The minimum absolute atomic E-state index is 0.0802. The number of aromatic carboxylic acids is 1. The average molecular weight is 191 g/mol. The fraction of sp³-hybridized carbons (Fsp3) is 0. The van der Waals surface area contributed by atoms with Crippen molar-refractivity contribution in [3.63, 3.8) is 0 Å². The van der Waals surface area contributed by atoms with Crippen molar-refractivity contribution in [2.75, 3.05) is 0 Å². The Morgan fingerprint density at radius 2 is 2.18 bits per heavy atom. The zero-order valence-corrected chi connectivity index (χ0v) is 6.69. The van der Waals surface area contributed by atoms with E-state index in [2.05, 4.69) is 4.98 Å². The SMILES string of the molecule is O=C([O-])c1cnc(Cl)c(Cl)c1. The smallest absolute Gasteiger partial charge is 0.147 e. The van der Waals surface area contributed by atoms with E-state index in [1.807, 2.05) is 0 Å². The molecular formula is C6H2Cl2NO2-. The van der Waals surface area contributed by atoms with Crippen LogP contribution in [0.25, 0.3) is 0 Å². The van der Waals surface area contributed by atoms with Crippen molar-refractivity contribution < 1.29 is 9.90 Å². The normalized spacial score (nSPS) is 9.64. The molecule has 1 aromatic rings. The Kier molecular flexibility index (Phi) is 2.31. The van der Waals surface area contributed by atoms with Gasteiger partial charge in [0.05, 0.1) is 11.0 Å². The number of hydrogen-bond acceptors (Lipinski definition) is 3. The van der Waals surface area contributed by atoms with E-state index in [0.29, 0.717) is 0 Å². The molecule has 0 spiro atoms. The summed E-state index contributed by atoms with van der Waals surface area (Å²) in [4.78, 5) is 13.7. The Morgan fingerprint density at radius 3 is 2.64 bits per heavy atom. The molecule has 3 nitrogen and oxygen atoms in total. The highest BCUT2D eigenvalue weighted by Crippen LogP contribution is 2.18. The molecular weight excluding hydrogens is 189 g/mol. The number of carbonyl (C=O) groups is 1. The van der Waals surface area contributed by atoms with Crippen molar-refractivity contribution >= 4 is 29.2 Å². The minimum Gasteiger partial charge on any atom is -0.545 e. The summed E-state index contributed by atoms with van der Waals surface area (Å²) in [6.45, 7) is 0. The molecule has 1 rings (SSSR count). The summed E-state index contributed by atoms with van der Waals surface area (Å²) in [6.07, 6.45) is 1.09. The molecule has 11 heavy (non-hydrogen) atoms. The van der Waals surface area contributed by atoms with Gasteiger partial charge in [-0.15, -0.1) is 0 Å². The Labute approximate surface area is 72.6 Å². The molecule has 0 radical (unpaired) electrons. The lowest BCUT2D eigenvalue weighted by Gasteiger charge is -2.01. The van der Waals surface area contributed by atoms with Gasteiger partial charge in [-0.05, 0) is 6.07 Å². The summed E-state index contributed by atoms with van der Waals surface area (Å²) in [6, 6.07) is 1.19. The van der Waals surface area contributed by atoms with Crippen LogP contribution in [0.5, 0.6) is 0 Å². The van der Waals surface area contributed by atoms with E-state index in [4.69, 9.17) is 23.2 Å². The molecule has 0 bridgehead atoms. The second kappa shape index (κ2) is 3.07. The van der Waals surface area contributed by atoms with Crippen molar-refractivity contribution in [2.24, 2.45) is 0 Å². The molecule has 0 fully saturated rings. The van der Waals surface area contributed by atoms with E-state index in [1.54, 1.807) is 0 Å². The van der Waals surface area contributed by atoms with Gasteiger partial charge in [0.2, 0.25) is 0 Å². The Balaban J connectivity index is 3.15. The highest BCUT2D eigenvalue weighted by molar-refractivity contribution is 6.41. The van der Waals surface area contributed by atoms with E-state index >= 15 is 0 Å². The second-order valence-corrected chi connectivity index (χ2v) is 2.55. The lowest BCUT2D eigenvalue weighted by Crippen LogP contribution is -2.22. The molecule has 0 atom stereocenters. The third-order valence-corrected chi connectivity index (χ3v) is 1.72. The topological polar surface area (TPSA) is 53.0 Å². The first-order valence-corrected chi connectivity index (χ1v) is 3.39. The van der Waals surface area contributed by atoms with Gasteiger partial charge in [-0.25, -0.2) is 4.98 Å². The summed E-state index contributed by atoms with van der Waals surface area (Å²) in [5, 5.41) is 10.4. The molecule has 5 heteroatoms. The number of aromatic nitrogens is 1. The van der Waals surface area contributed by atoms with Crippen molar-refractivity contribution in [3.05, 3.63) is 28.0 Å². The van der Waals surface area contributed by atoms with Gasteiger partial charge in [0.25, 0.3) is 0 Å². The zero-order valence-electron chi connectivity index (χ0n) is 5.17. The fourth-order valence-electron chi connectivity index (χ4n) is 0.533. The monoisotopic (exact) mass is 190 g/mol. The van der Waals surface area contributed by atoms with Crippen LogP contribution in [-0.4, -0.2) is 11.0 Å². The molecule has 0 amide bonds. The average Bonchev–Trinajstić information content (AvgIpc) is 1.94. The van der Waals surface area contributed by atoms with Crippen molar-refractivity contribution in [2.45, 2.75) is 0 Å². The lowest BCUT2D eigenvalue weighted by atomic mass is 10.3.